The van der Waals surface area contributed by atoms with Crippen molar-refractivity contribution in [3.8, 4) is 56.2 Å². The van der Waals surface area contributed by atoms with Crippen molar-refractivity contribution in [3.05, 3.63) is 168 Å². The Hall–Kier alpha value is -5.83. The molecular weight excluding hydrogens is 926 g/mol. The van der Waals surface area contributed by atoms with Crippen molar-refractivity contribution in [1.29, 1.82) is 0 Å². The van der Waals surface area contributed by atoms with Gasteiger partial charge in [0.1, 0.15) is 11.6 Å². The maximum absolute atomic E-state index is 11.7. The summed E-state index contributed by atoms with van der Waals surface area (Å²) in [6.07, 6.45) is 1.91. The molecule has 0 unspecified atom stereocenters. The zero-order valence-corrected chi connectivity index (χ0v) is 38.7. The second-order valence-electron chi connectivity index (χ2n) is 18.7. The van der Waals surface area contributed by atoms with Crippen LogP contribution >= 0.6 is 0 Å². The molecule has 0 fully saturated rings. The molecule has 0 saturated carbocycles. The van der Waals surface area contributed by atoms with E-state index in [1.807, 2.05) is 18.3 Å². The summed E-state index contributed by atoms with van der Waals surface area (Å²) in [4.78, 5) is 10.5. The van der Waals surface area contributed by atoms with Gasteiger partial charge >= 0.3 is 0 Å². The summed E-state index contributed by atoms with van der Waals surface area (Å²) in [7, 11) is 0. The van der Waals surface area contributed by atoms with Crippen LogP contribution in [0.1, 0.15) is 83.6 Å². The van der Waals surface area contributed by atoms with Crippen molar-refractivity contribution in [2.75, 3.05) is 0 Å². The van der Waals surface area contributed by atoms with E-state index in [2.05, 4.69) is 194 Å². The van der Waals surface area contributed by atoms with Crippen molar-refractivity contribution >= 4 is 32.7 Å². The summed E-state index contributed by atoms with van der Waals surface area (Å²) in [6, 6.07) is 51.4. The minimum Gasteiger partial charge on any atom is -0.507 e. The molecule has 9 aromatic rings. The van der Waals surface area contributed by atoms with Gasteiger partial charge in [-0.15, -0.1) is 35.4 Å². The third kappa shape index (κ3) is 7.72. The number of aromatic hydroxyl groups is 1. The van der Waals surface area contributed by atoms with Crippen LogP contribution in [0.2, 0.25) is 0 Å². The summed E-state index contributed by atoms with van der Waals surface area (Å²) in [5.41, 5.74) is 15.2. The Morgan fingerprint density at radius 1 is 0.607 bits per heavy atom. The molecule has 0 bridgehead atoms. The van der Waals surface area contributed by atoms with Gasteiger partial charge in [-0.05, 0) is 104 Å². The van der Waals surface area contributed by atoms with Gasteiger partial charge < -0.3 is 5.11 Å². The maximum Gasteiger partial charge on any atom is 0.148 e. The van der Waals surface area contributed by atoms with Crippen LogP contribution in [-0.4, -0.2) is 19.6 Å². The summed E-state index contributed by atoms with van der Waals surface area (Å²) in [6.45, 7) is 20.0. The Labute approximate surface area is 374 Å². The summed E-state index contributed by atoms with van der Waals surface area (Å²) < 4.78 is 2.23. The molecule has 9 rings (SSSR count). The molecule has 0 aliphatic rings. The van der Waals surface area contributed by atoms with E-state index in [4.69, 9.17) is 9.97 Å². The molecule has 0 aliphatic heterocycles. The van der Waals surface area contributed by atoms with Crippen LogP contribution in [0.3, 0.4) is 0 Å². The molecule has 0 amide bonds. The van der Waals surface area contributed by atoms with Gasteiger partial charge in [0.2, 0.25) is 0 Å². The van der Waals surface area contributed by atoms with Crippen molar-refractivity contribution in [3.63, 3.8) is 0 Å². The van der Waals surface area contributed by atoms with Crippen LogP contribution in [-0.2, 0) is 31.9 Å². The molecule has 61 heavy (non-hydrogen) atoms. The number of rotatable bonds is 6. The fourth-order valence-electron chi connectivity index (χ4n) is 8.48. The molecule has 308 valence electrons. The van der Waals surface area contributed by atoms with Gasteiger partial charge in [-0.25, -0.2) is 4.98 Å². The first-order chi connectivity index (χ1) is 28.7. The van der Waals surface area contributed by atoms with E-state index in [1.165, 1.54) is 27.5 Å². The summed E-state index contributed by atoms with van der Waals surface area (Å²) >= 11 is 0. The molecular formula is C56H52N3OPt-. The van der Waals surface area contributed by atoms with Gasteiger partial charge in [0, 0.05) is 38.5 Å². The first-order valence-corrected chi connectivity index (χ1v) is 21.1. The van der Waals surface area contributed by atoms with E-state index in [0.717, 1.165) is 66.6 Å². The fraction of sp³-hybridized carbons (Fsp3) is 0.214. The van der Waals surface area contributed by atoms with Gasteiger partial charge in [0.25, 0.3) is 0 Å². The van der Waals surface area contributed by atoms with Crippen LogP contribution in [0.5, 0.6) is 5.75 Å². The van der Waals surface area contributed by atoms with E-state index in [-0.39, 0.29) is 37.6 Å². The number of aryl methyl sites for hydroxylation is 1. The standard InChI is InChI=1S/C56H52N3O.Pt/c1-34(2)39-29-46-35(3)26-27-57-52(46)47(30-39)37-16-12-17-38(28-37)48-31-40(45-19-13-15-36-14-10-11-18-44(36)45)32-50-53(48)58-54(49-33-42(56(7,8)9)22-25-51(49)60)59(50)43-23-20-41(21-24-43)55(4,5)6;/h10-27,29-34,60H,1-9H3;/q-1;. The molecule has 1 N–H and O–H groups in total. The SMILES string of the molecule is Cc1ccnc2c(-c3[c-]c(-c4cc(-c5cccc6ccccc56)cc5c4nc(-c4cc(C(C)(C)C)ccc4O)n5-c4ccc(C(C)(C)C)cc4)ccc3)cc(C(C)C)cc12.[Pt]. The van der Waals surface area contributed by atoms with Crippen molar-refractivity contribution in [1.82, 2.24) is 14.5 Å². The monoisotopic (exact) mass is 977 g/mol. The number of fused-ring (bicyclic) bond motifs is 3. The van der Waals surface area contributed by atoms with E-state index < -0.39 is 0 Å². The Balaban J connectivity index is 0.00000514. The molecule has 0 spiro atoms. The van der Waals surface area contributed by atoms with Crippen molar-refractivity contribution in [2.24, 2.45) is 0 Å². The Morgan fingerprint density at radius 2 is 1.26 bits per heavy atom. The number of aromatic nitrogens is 3. The van der Waals surface area contributed by atoms with Gasteiger partial charge in [-0.3, -0.25) is 9.55 Å². The Kier molecular flexibility index (Phi) is 10.9. The second-order valence-corrected chi connectivity index (χ2v) is 18.7. The van der Waals surface area contributed by atoms with Crippen LogP contribution < -0.4 is 0 Å². The number of benzene rings is 7. The molecule has 4 nitrogen and oxygen atoms in total. The molecule has 0 atom stereocenters. The molecule has 7 aromatic carbocycles. The smallest absolute Gasteiger partial charge is 0.148 e. The van der Waals surface area contributed by atoms with E-state index in [1.54, 1.807) is 0 Å². The number of nitrogens with zero attached hydrogens (tertiary/aromatic N) is 3. The quantitative estimate of drug-likeness (QED) is 0.169. The summed E-state index contributed by atoms with van der Waals surface area (Å²) in [5, 5.41) is 15.2. The fourth-order valence-corrected chi connectivity index (χ4v) is 8.48. The number of phenolic OH excluding ortho intramolecular Hbond substituents is 1. The minimum absolute atomic E-state index is 0. The maximum atomic E-state index is 11.7. The molecule has 5 heteroatoms. The number of pyridine rings is 1. The molecule has 0 saturated heterocycles. The number of phenols is 1. The first-order valence-electron chi connectivity index (χ1n) is 21.1. The van der Waals surface area contributed by atoms with Crippen LogP contribution in [0.4, 0.5) is 0 Å². The first kappa shape index (κ1) is 41.9. The van der Waals surface area contributed by atoms with Crippen LogP contribution in [0.15, 0.2) is 140 Å². The van der Waals surface area contributed by atoms with Gasteiger partial charge in [-0.1, -0.05) is 151 Å². The number of hydrogen-bond donors (Lipinski definition) is 1. The second kappa shape index (κ2) is 15.9. The largest absolute Gasteiger partial charge is 0.507 e. The predicted molar refractivity (Wildman–Crippen MR) is 252 cm³/mol. The third-order valence-corrected chi connectivity index (χ3v) is 12.1. The normalized spacial score (nSPS) is 12.1. The molecule has 0 radical (unpaired) electrons. The van der Waals surface area contributed by atoms with Gasteiger partial charge in [0.05, 0.1) is 16.6 Å². The van der Waals surface area contributed by atoms with Gasteiger partial charge in [0.15, 0.2) is 0 Å². The summed E-state index contributed by atoms with van der Waals surface area (Å²) in [5.74, 6) is 1.22. The van der Waals surface area contributed by atoms with Crippen LogP contribution in [0, 0.1) is 13.0 Å². The van der Waals surface area contributed by atoms with Gasteiger partial charge in [-0.2, -0.15) is 0 Å². The molecule has 2 aromatic heterocycles. The minimum atomic E-state index is -0.139. The number of hydrogen-bond acceptors (Lipinski definition) is 3. The zero-order chi connectivity index (χ0) is 42.1. The van der Waals surface area contributed by atoms with Crippen molar-refractivity contribution < 1.29 is 26.2 Å². The number of imidazole rings is 1. The van der Waals surface area contributed by atoms with E-state index in [0.29, 0.717) is 17.3 Å². The Bertz CT molecular complexity index is 3100. The molecule has 0 aliphatic carbocycles. The topological polar surface area (TPSA) is 50.9 Å². The van der Waals surface area contributed by atoms with E-state index in [9.17, 15) is 5.11 Å². The van der Waals surface area contributed by atoms with E-state index >= 15 is 0 Å². The van der Waals surface area contributed by atoms with Crippen LogP contribution in [0.25, 0.3) is 83.2 Å². The predicted octanol–water partition coefficient (Wildman–Crippen LogP) is 14.9. The Morgan fingerprint density at radius 3 is 1.97 bits per heavy atom. The average Bonchev–Trinajstić information content (AvgIpc) is 3.61. The zero-order valence-electron chi connectivity index (χ0n) is 36.5. The average molecular weight is 978 g/mol. The van der Waals surface area contributed by atoms with Crippen molar-refractivity contribution in [2.45, 2.75) is 79.1 Å². The third-order valence-electron chi connectivity index (χ3n) is 12.1. The molecule has 2 heterocycles.